The number of nitrogens with one attached hydrogen (secondary N) is 1. The Morgan fingerprint density at radius 3 is 2.45 bits per heavy atom. The van der Waals surface area contributed by atoms with Gasteiger partial charge in [-0.2, -0.15) is 0 Å². The topological polar surface area (TPSA) is 54.6 Å². The minimum atomic E-state index is 0.232. The number of piperidine rings is 1. The Labute approximate surface area is 184 Å². The molecule has 0 saturated carbocycles. The van der Waals surface area contributed by atoms with Crippen LogP contribution >= 0.6 is 0 Å². The van der Waals surface area contributed by atoms with E-state index in [4.69, 9.17) is 9.47 Å². The lowest BCUT2D eigenvalue weighted by molar-refractivity contribution is -0.132. The van der Waals surface area contributed by atoms with Crippen molar-refractivity contribution in [2.45, 2.75) is 45.4 Å². The van der Waals surface area contributed by atoms with Gasteiger partial charge in [-0.15, -0.1) is 0 Å². The predicted octanol–water partition coefficient (Wildman–Crippen LogP) is 5.44. The summed E-state index contributed by atoms with van der Waals surface area (Å²) in [5, 5.41) is 1.33. The number of aromatic nitrogens is 1. The minimum Gasteiger partial charge on any atom is -0.490 e. The Morgan fingerprint density at radius 1 is 1.03 bits per heavy atom. The van der Waals surface area contributed by atoms with Crippen molar-refractivity contribution in [1.82, 2.24) is 9.88 Å². The van der Waals surface area contributed by atoms with E-state index in [-0.39, 0.29) is 5.91 Å². The molecule has 1 fully saturated rings. The van der Waals surface area contributed by atoms with Gasteiger partial charge in [0.05, 0.1) is 13.2 Å². The lowest BCUT2D eigenvalue weighted by Crippen LogP contribution is -2.38. The van der Waals surface area contributed by atoms with Crippen LogP contribution in [0.3, 0.4) is 0 Å². The van der Waals surface area contributed by atoms with Gasteiger partial charge in [-0.3, -0.25) is 4.79 Å². The molecule has 1 N–H and O–H groups in total. The summed E-state index contributed by atoms with van der Waals surface area (Å²) < 4.78 is 11.4. The van der Waals surface area contributed by atoms with Crippen molar-refractivity contribution in [3.63, 3.8) is 0 Å². The molecule has 0 unspecified atom stereocenters. The van der Waals surface area contributed by atoms with Crippen LogP contribution in [0.5, 0.6) is 11.5 Å². The molecule has 1 saturated heterocycles. The largest absolute Gasteiger partial charge is 0.490 e. The van der Waals surface area contributed by atoms with Crippen molar-refractivity contribution >= 4 is 16.8 Å². The molecule has 2 aromatic carbocycles. The lowest BCUT2D eigenvalue weighted by atomic mass is 9.87. The molecule has 5 nitrogen and oxygen atoms in total. The molecule has 164 valence electrons. The van der Waals surface area contributed by atoms with Gasteiger partial charge in [-0.25, -0.2) is 0 Å². The fraction of sp³-hybridized carbons (Fsp3) is 0.423. The van der Waals surface area contributed by atoms with Gasteiger partial charge in [0.2, 0.25) is 5.91 Å². The highest BCUT2D eigenvalue weighted by Crippen LogP contribution is 2.35. The molecule has 3 aromatic rings. The average molecular weight is 421 g/mol. The highest BCUT2D eigenvalue weighted by Gasteiger charge is 2.26. The van der Waals surface area contributed by atoms with E-state index in [1.54, 1.807) is 0 Å². The van der Waals surface area contributed by atoms with Crippen molar-refractivity contribution in [2.75, 3.05) is 26.3 Å². The molecule has 4 rings (SSSR count). The first kappa shape index (κ1) is 21.3. The highest BCUT2D eigenvalue weighted by molar-refractivity contribution is 5.85. The van der Waals surface area contributed by atoms with E-state index in [1.165, 1.54) is 22.2 Å². The summed E-state index contributed by atoms with van der Waals surface area (Å²) in [5.74, 6) is 2.24. The second kappa shape index (κ2) is 9.90. The molecule has 1 amide bonds. The number of para-hydroxylation sites is 3. The predicted molar refractivity (Wildman–Crippen MR) is 124 cm³/mol. The number of carbonyl (C=O) groups is 1. The fourth-order valence-electron chi connectivity index (χ4n) is 4.65. The SMILES string of the molecule is CCOc1ccccc1OCCCC(=O)N1CCC(c2c(C)[nH]c3ccccc23)CC1. The van der Waals surface area contributed by atoms with Gasteiger partial charge in [-0.05, 0) is 62.8 Å². The summed E-state index contributed by atoms with van der Waals surface area (Å²) in [5.41, 5.74) is 3.90. The zero-order valence-corrected chi connectivity index (χ0v) is 18.5. The third-order valence-corrected chi connectivity index (χ3v) is 6.14. The molecule has 31 heavy (non-hydrogen) atoms. The van der Waals surface area contributed by atoms with E-state index in [0.717, 1.165) is 37.4 Å². The van der Waals surface area contributed by atoms with Crippen LogP contribution in [0.4, 0.5) is 0 Å². The second-order valence-corrected chi connectivity index (χ2v) is 8.20. The minimum absolute atomic E-state index is 0.232. The molecular formula is C26H32N2O3. The van der Waals surface area contributed by atoms with Crippen molar-refractivity contribution in [3.05, 3.63) is 59.8 Å². The molecule has 0 spiro atoms. The number of hydrogen-bond donors (Lipinski definition) is 1. The number of nitrogens with zero attached hydrogens (tertiary/aromatic N) is 1. The van der Waals surface area contributed by atoms with E-state index in [0.29, 0.717) is 32.0 Å². The van der Waals surface area contributed by atoms with Gasteiger partial charge in [0, 0.05) is 36.1 Å². The number of benzene rings is 2. The van der Waals surface area contributed by atoms with Crippen molar-refractivity contribution in [3.8, 4) is 11.5 Å². The zero-order valence-electron chi connectivity index (χ0n) is 18.5. The van der Waals surface area contributed by atoms with Crippen LogP contribution in [-0.2, 0) is 4.79 Å². The first-order valence-corrected chi connectivity index (χ1v) is 11.4. The summed E-state index contributed by atoms with van der Waals surface area (Å²) in [6.45, 7) is 6.90. The monoisotopic (exact) mass is 420 g/mol. The van der Waals surface area contributed by atoms with Crippen LogP contribution in [0.2, 0.25) is 0 Å². The molecule has 0 atom stereocenters. The molecule has 1 aromatic heterocycles. The molecular weight excluding hydrogens is 388 g/mol. The van der Waals surface area contributed by atoms with Crippen LogP contribution < -0.4 is 9.47 Å². The zero-order chi connectivity index (χ0) is 21.6. The van der Waals surface area contributed by atoms with Crippen LogP contribution in [0, 0.1) is 6.92 Å². The van der Waals surface area contributed by atoms with Crippen LogP contribution in [0.15, 0.2) is 48.5 Å². The first-order chi connectivity index (χ1) is 15.2. The molecule has 1 aliphatic heterocycles. The number of aryl methyl sites for hydroxylation is 1. The number of fused-ring (bicyclic) bond motifs is 1. The lowest BCUT2D eigenvalue weighted by Gasteiger charge is -2.32. The van der Waals surface area contributed by atoms with Gasteiger partial charge in [0.1, 0.15) is 0 Å². The van der Waals surface area contributed by atoms with Gasteiger partial charge in [0.15, 0.2) is 11.5 Å². The number of hydrogen-bond acceptors (Lipinski definition) is 3. The van der Waals surface area contributed by atoms with E-state index in [1.807, 2.05) is 36.1 Å². The summed E-state index contributed by atoms with van der Waals surface area (Å²) in [6, 6.07) is 16.2. The maximum Gasteiger partial charge on any atom is 0.222 e. The highest BCUT2D eigenvalue weighted by atomic mass is 16.5. The number of aromatic amines is 1. The third kappa shape index (κ3) is 4.87. The Hall–Kier alpha value is -2.95. The van der Waals surface area contributed by atoms with Crippen LogP contribution in [0.1, 0.15) is 49.8 Å². The number of likely N-dealkylation sites (tertiary alicyclic amines) is 1. The molecule has 5 heteroatoms. The number of rotatable bonds is 8. The van der Waals surface area contributed by atoms with E-state index >= 15 is 0 Å². The Morgan fingerprint density at radius 2 is 1.71 bits per heavy atom. The fourth-order valence-corrected chi connectivity index (χ4v) is 4.65. The average Bonchev–Trinajstić information content (AvgIpc) is 3.13. The van der Waals surface area contributed by atoms with Crippen molar-refractivity contribution in [2.24, 2.45) is 0 Å². The van der Waals surface area contributed by atoms with E-state index in [2.05, 4.69) is 36.2 Å². The molecule has 0 bridgehead atoms. The second-order valence-electron chi connectivity index (χ2n) is 8.20. The Kier molecular flexibility index (Phi) is 6.80. The standard InChI is InChI=1S/C26H32N2O3/c1-3-30-23-11-6-7-12-24(23)31-18-8-13-25(29)28-16-14-20(15-17-28)26-19(2)27-22-10-5-4-9-21(22)26/h4-7,9-12,20,27H,3,8,13-18H2,1-2H3. The van der Waals surface area contributed by atoms with E-state index < -0.39 is 0 Å². The maximum absolute atomic E-state index is 12.7. The number of amides is 1. The molecule has 0 radical (unpaired) electrons. The van der Waals surface area contributed by atoms with Gasteiger partial charge < -0.3 is 19.4 Å². The number of carbonyl (C=O) groups excluding carboxylic acids is 1. The molecule has 0 aliphatic carbocycles. The molecule has 2 heterocycles. The normalized spacial score (nSPS) is 14.7. The maximum atomic E-state index is 12.7. The van der Waals surface area contributed by atoms with Gasteiger partial charge in [0.25, 0.3) is 0 Å². The Bertz CT molecular complexity index is 1020. The first-order valence-electron chi connectivity index (χ1n) is 11.4. The van der Waals surface area contributed by atoms with E-state index in [9.17, 15) is 4.79 Å². The third-order valence-electron chi connectivity index (χ3n) is 6.14. The van der Waals surface area contributed by atoms with Crippen molar-refractivity contribution in [1.29, 1.82) is 0 Å². The number of ether oxygens (including phenoxy) is 2. The van der Waals surface area contributed by atoms with Crippen LogP contribution in [0.25, 0.3) is 10.9 Å². The quantitative estimate of drug-likeness (QED) is 0.494. The van der Waals surface area contributed by atoms with Crippen LogP contribution in [-0.4, -0.2) is 42.1 Å². The van der Waals surface area contributed by atoms with Gasteiger partial charge in [-0.1, -0.05) is 30.3 Å². The summed E-state index contributed by atoms with van der Waals surface area (Å²) in [6.07, 6.45) is 3.27. The summed E-state index contributed by atoms with van der Waals surface area (Å²) in [7, 11) is 0. The summed E-state index contributed by atoms with van der Waals surface area (Å²) >= 11 is 0. The Balaban J connectivity index is 1.25. The van der Waals surface area contributed by atoms with Gasteiger partial charge >= 0.3 is 0 Å². The summed E-state index contributed by atoms with van der Waals surface area (Å²) in [4.78, 5) is 18.2. The molecule has 1 aliphatic rings. The number of H-pyrrole nitrogens is 1. The smallest absolute Gasteiger partial charge is 0.222 e. The van der Waals surface area contributed by atoms with Crippen molar-refractivity contribution < 1.29 is 14.3 Å².